The van der Waals surface area contributed by atoms with Gasteiger partial charge in [0.15, 0.2) is 0 Å². The summed E-state index contributed by atoms with van der Waals surface area (Å²) < 4.78 is 0. The zero-order chi connectivity index (χ0) is 18.8. The molecule has 0 radical (unpaired) electrons. The van der Waals surface area contributed by atoms with E-state index in [1.165, 1.54) is 16.0 Å². The summed E-state index contributed by atoms with van der Waals surface area (Å²) in [5.74, 6) is 0.666. The highest BCUT2D eigenvalue weighted by Crippen LogP contribution is 2.31. The van der Waals surface area contributed by atoms with E-state index in [-0.39, 0.29) is 5.91 Å². The summed E-state index contributed by atoms with van der Waals surface area (Å²) in [5, 5.41) is 2.07. The van der Waals surface area contributed by atoms with E-state index < -0.39 is 0 Å². The van der Waals surface area contributed by atoms with Crippen LogP contribution in [0.5, 0.6) is 0 Å². The number of pyridine rings is 1. The van der Waals surface area contributed by atoms with Gasteiger partial charge in [0.1, 0.15) is 0 Å². The molecule has 2 aromatic rings. The number of hydrogen-bond acceptors (Lipinski definition) is 5. The normalized spacial score (nSPS) is 20.1. The molecule has 1 atom stereocenters. The number of hydrogen-bond donors (Lipinski definition) is 1. The number of rotatable bonds is 5. The highest BCUT2D eigenvalue weighted by atomic mass is 32.1. The lowest BCUT2D eigenvalue weighted by atomic mass is 10.0. The third-order valence-corrected chi connectivity index (χ3v) is 6.86. The first-order valence-corrected chi connectivity index (χ1v) is 10.8. The quantitative estimate of drug-likeness (QED) is 0.861. The van der Waals surface area contributed by atoms with E-state index in [0.717, 1.165) is 63.2 Å². The second-order valence-corrected chi connectivity index (χ2v) is 8.63. The van der Waals surface area contributed by atoms with Crippen molar-refractivity contribution in [3.8, 4) is 0 Å². The Kier molecular flexibility index (Phi) is 5.57. The van der Waals surface area contributed by atoms with Gasteiger partial charge in [0, 0.05) is 49.2 Å². The Balaban J connectivity index is 1.41. The summed E-state index contributed by atoms with van der Waals surface area (Å²) in [6, 6.07) is 4.31. The molecule has 2 aliphatic heterocycles. The van der Waals surface area contributed by atoms with Gasteiger partial charge in [-0.25, -0.2) is 0 Å². The summed E-state index contributed by atoms with van der Waals surface area (Å²) in [5.41, 5.74) is 10.4. The smallest absolute Gasteiger partial charge is 0.254 e. The Morgan fingerprint density at radius 1 is 1.37 bits per heavy atom. The van der Waals surface area contributed by atoms with Crippen LogP contribution >= 0.6 is 11.3 Å². The van der Waals surface area contributed by atoms with Crippen LogP contribution in [0.25, 0.3) is 0 Å². The Morgan fingerprint density at radius 2 is 2.26 bits per heavy atom. The Labute approximate surface area is 165 Å². The molecule has 4 heterocycles. The van der Waals surface area contributed by atoms with E-state index in [9.17, 15) is 4.79 Å². The maximum Gasteiger partial charge on any atom is 0.254 e. The minimum Gasteiger partial charge on any atom is -0.338 e. The van der Waals surface area contributed by atoms with Crippen molar-refractivity contribution in [1.29, 1.82) is 0 Å². The monoisotopic (exact) mass is 384 g/mol. The molecule has 1 saturated heterocycles. The van der Waals surface area contributed by atoms with E-state index in [1.807, 2.05) is 11.1 Å². The molecular formula is C21H28N4OS. The summed E-state index contributed by atoms with van der Waals surface area (Å²) in [7, 11) is 0. The lowest BCUT2D eigenvalue weighted by Crippen LogP contribution is -2.33. The highest BCUT2D eigenvalue weighted by molar-refractivity contribution is 7.10. The van der Waals surface area contributed by atoms with Gasteiger partial charge >= 0.3 is 0 Å². The summed E-state index contributed by atoms with van der Waals surface area (Å²) >= 11 is 1.73. The number of carbonyl (C=O) groups is 1. The average Bonchev–Trinajstić information content (AvgIpc) is 3.35. The second-order valence-electron chi connectivity index (χ2n) is 7.66. The molecule has 0 aromatic carbocycles. The van der Waals surface area contributed by atoms with Crippen molar-refractivity contribution < 1.29 is 4.79 Å². The van der Waals surface area contributed by atoms with Crippen LogP contribution in [-0.4, -0.2) is 46.9 Å². The summed E-state index contributed by atoms with van der Waals surface area (Å²) in [4.78, 5) is 23.3. The first-order chi connectivity index (χ1) is 13.2. The molecule has 1 amide bonds. The van der Waals surface area contributed by atoms with Crippen molar-refractivity contribution in [1.82, 2.24) is 14.8 Å². The van der Waals surface area contributed by atoms with Gasteiger partial charge in [-0.05, 0) is 48.9 Å². The van der Waals surface area contributed by atoms with Crippen LogP contribution in [0.4, 0.5) is 0 Å². The summed E-state index contributed by atoms with van der Waals surface area (Å²) in [6.45, 7) is 7.24. The number of nitrogens with zero attached hydrogens (tertiary/aromatic N) is 3. The maximum absolute atomic E-state index is 12.9. The van der Waals surface area contributed by atoms with Crippen molar-refractivity contribution >= 4 is 17.2 Å². The van der Waals surface area contributed by atoms with Crippen molar-refractivity contribution in [3.05, 3.63) is 51.0 Å². The molecule has 0 spiro atoms. The molecule has 0 saturated carbocycles. The first-order valence-electron chi connectivity index (χ1n) is 9.92. The number of likely N-dealkylation sites (tertiary alicyclic amines) is 1. The van der Waals surface area contributed by atoms with Gasteiger partial charge in [0.05, 0.1) is 11.3 Å². The maximum atomic E-state index is 12.9. The van der Waals surface area contributed by atoms with Gasteiger partial charge in [-0.2, -0.15) is 0 Å². The van der Waals surface area contributed by atoms with Gasteiger partial charge in [-0.1, -0.05) is 13.0 Å². The number of carbonyl (C=O) groups excluding carboxylic acids is 1. The molecule has 0 unspecified atom stereocenters. The SMILES string of the molecule is CCc1ccc(CN2CCc3c(C(=O)N4CC[C@H](CN)C4)csc3C2)nc1. The van der Waals surface area contributed by atoms with Gasteiger partial charge in [0.25, 0.3) is 5.91 Å². The molecule has 6 heteroatoms. The average molecular weight is 385 g/mol. The largest absolute Gasteiger partial charge is 0.338 e. The number of thiophene rings is 1. The van der Waals surface area contributed by atoms with Crippen molar-refractivity contribution in [3.63, 3.8) is 0 Å². The predicted molar refractivity (Wildman–Crippen MR) is 109 cm³/mol. The predicted octanol–water partition coefficient (Wildman–Crippen LogP) is 2.68. The third kappa shape index (κ3) is 3.93. The molecule has 27 heavy (non-hydrogen) atoms. The lowest BCUT2D eigenvalue weighted by Gasteiger charge is -2.27. The van der Waals surface area contributed by atoms with Gasteiger partial charge in [-0.15, -0.1) is 11.3 Å². The zero-order valence-corrected chi connectivity index (χ0v) is 16.8. The van der Waals surface area contributed by atoms with E-state index in [1.54, 1.807) is 11.3 Å². The molecule has 2 N–H and O–H groups in total. The number of nitrogens with two attached hydrogens (primary N) is 1. The van der Waals surface area contributed by atoms with Crippen LogP contribution < -0.4 is 5.73 Å². The molecule has 0 aliphatic carbocycles. The number of aryl methyl sites for hydroxylation is 1. The fourth-order valence-electron chi connectivity index (χ4n) is 4.06. The fraction of sp³-hybridized carbons (Fsp3) is 0.524. The van der Waals surface area contributed by atoms with Crippen LogP contribution in [0.2, 0.25) is 0 Å². The Hall–Kier alpha value is -1.76. The van der Waals surface area contributed by atoms with Crippen LogP contribution in [0.1, 0.15) is 45.4 Å². The van der Waals surface area contributed by atoms with E-state index in [4.69, 9.17) is 5.73 Å². The van der Waals surface area contributed by atoms with Gasteiger partial charge in [-0.3, -0.25) is 14.7 Å². The molecule has 2 aromatic heterocycles. The Bertz CT molecular complexity index is 801. The van der Waals surface area contributed by atoms with Crippen LogP contribution in [0, 0.1) is 5.92 Å². The zero-order valence-electron chi connectivity index (χ0n) is 16.0. The van der Waals surface area contributed by atoms with E-state index >= 15 is 0 Å². The first kappa shape index (κ1) is 18.6. The van der Waals surface area contributed by atoms with Gasteiger partial charge < -0.3 is 10.6 Å². The lowest BCUT2D eigenvalue weighted by molar-refractivity contribution is 0.0786. The molecular weight excluding hydrogens is 356 g/mol. The molecule has 5 nitrogen and oxygen atoms in total. The number of aromatic nitrogens is 1. The topological polar surface area (TPSA) is 62.5 Å². The molecule has 0 bridgehead atoms. The number of amides is 1. The molecule has 2 aliphatic rings. The molecule has 144 valence electrons. The van der Waals surface area contributed by atoms with E-state index in [2.05, 4.69) is 34.3 Å². The van der Waals surface area contributed by atoms with Gasteiger partial charge in [0.2, 0.25) is 0 Å². The Morgan fingerprint density at radius 3 is 2.96 bits per heavy atom. The van der Waals surface area contributed by atoms with Crippen molar-refractivity contribution in [2.45, 2.75) is 39.3 Å². The van der Waals surface area contributed by atoms with Crippen LogP contribution in [0.3, 0.4) is 0 Å². The molecule has 4 rings (SSSR count). The third-order valence-electron chi connectivity index (χ3n) is 5.84. The second kappa shape index (κ2) is 8.09. The highest BCUT2D eigenvalue weighted by Gasteiger charge is 2.30. The van der Waals surface area contributed by atoms with E-state index in [0.29, 0.717) is 12.5 Å². The van der Waals surface area contributed by atoms with Crippen molar-refractivity contribution in [2.24, 2.45) is 11.7 Å². The standard InChI is InChI=1S/C21H28N4OS/c1-2-15-3-4-17(23-10-15)12-24-7-6-18-19(14-27-20(18)13-24)21(26)25-8-5-16(9-22)11-25/h3-4,10,14,16H,2,5-9,11-13,22H2,1H3/t16-/m1/s1. The summed E-state index contributed by atoms with van der Waals surface area (Å²) in [6.07, 6.45) is 4.99. The fourth-order valence-corrected chi connectivity index (χ4v) is 5.18. The van der Waals surface area contributed by atoms with Crippen LogP contribution in [-0.2, 0) is 25.9 Å². The minimum absolute atomic E-state index is 0.203. The molecule has 1 fully saturated rings. The minimum atomic E-state index is 0.203. The van der Waals surface area contributed by atoms with Crippen LogP contribution in [0.15, 0.2) is 23.7 Å². The number of fused-ring (bicyclic) bond motifs is 1. The van der Waals surface area contributed by atoms with Crippen molar-refractivity contribution in [2.75, 3.05) is 26.2 Å².